The summed E-state index contributed by atoms with van der Waals surface area (Å²) in [6.07, 6.45) is 0.754. The van der Waals surface area contributed by atoms with Crippen LogP contribution in [0.3, 0.4) is 0 Å². The summed E-state index contributed by atoms with van der Waals surface area (Å²) in [5.41, 5.74) is 0. The van der Waals surface area contributed by atoms with Gasteiger partial charge in [0.05, 0.1) is 0 Å². The molecule has 0 aliphatic rings. The molecule has 0 saturated heterocycles. The molecule has 0 aliphatic heterocycles. The van der Waals surface area contributed by atoms with Crippen molar-refractivity contribution < 1.29 is 8.42 Å². The number of hydrogen-bond acceptors (Lipinski definition) is 5. The third-order valence-electron chi connectivity index (χ3n) is 2.82. The average molecular weight is 301 g/mol. The summed E-state index contributed by atoms with van der Waals surface area (Å²) >= 11 is 0.987. The van der Waals surface area contributed by atoms with Crippen LogP contribution >= 0.6 is 11.3 Å². The van der Waals surface area contributed by atoms with Crippen molar-refractivity contribution in [3.8, 4) is 6.07 Å². The lowest BCUT2D eigenvalue weighted by Crippen LogP contribution is -2.31. The molecule has 1 rings (SSSR count). The van der Waals surface area contributed by atoms with Crippen LogP contribution in [-0.4, -0.2) is 39.5 Å². The standard InChI is InChI=1S/C12H19N3O2S2/c1-10(2)15(3)8-4-7-14-19(16,17)12-6-5-11(9-13)18-12/h5-6,10,14H,4,7-8H2,1-3H3. The van der Waals surface area contributed by atoms with E-state index in [9.17, 15) is 8.42 Å². The maximum Gasteiger partial charge on any atom is 0.250 e. The highest BCUT2D eigenvalue weighted by atomic mass is 32.2. The van der Waals surface area contributed by atoms with Crippen LogP contribution in [0.15, 0.2) is 16.3 Å². The van der Waals surface area contributed by atoms with E-state index in [0.29, 0.717) is 17.5 Å². The number of thiophene rings is 1. The fourth-order valence-electron chi connectivity index (χ4n) is 1.39. The Hall–Kier alpha value is -0.940. The molecular formula is C12H19N3O2S2. The monoisotopic (exact) mass is 301 g/mol. The van der Waals surface area contributed by atoms with Crippen molar-refractivity contribution in [1.82, 2.24) is 9.62 Å². The van der Waals surface area contributed by atoms with Crippen LogP contribution in [0.1, 0.15) is 25.1 Å². The van der Waals surface area contributed by atoms with Crippen molar-refractivity contribution in [2.45, 2.75) is 30.5 Å². The second kappa shape index (κ2) is 7.01. The molecule has 19 heavy (non-hydrogen) atoms. The van der Waals surface area contributed by atoms with Crippen molar-refractivity contribution >= 4 is 21.4 Å². The highest BCUT2D eigenvalue weighted by molar-refractivity contribution is 7.91. The summed E-state index contributed by atoms with van der Waals surface area (Å²) in [6.45, 7) is 5.44. The number of hydrogen-bond donors (Lipinski definition) is 1. The molecule has 0 unspecified atom stereocenters. The molecule has 0 fully saturated rings. The third kappa shape index (κ3) is 4.91. The van der Waals surface area contributed by atoms with E-state index in [1.807, 2.05) is 13.1 Å². The first-order valence-corrected chi connectivity index (χ1v) is 8.36. The lowest BCUT2D eigenvalue weighted by atomic mass is 10.3. The number of nitrogens with one attached hydrogen (secondary N) is 1. The Labute approximate surface area is 118 Å². The Balaban J connectivity index is 2.46. The smallest absolute Gasteiger partial charge is 0.250 e. The van der Waals surface area contributed by atoms with Crippen molar-refractivity contribution in [3.05, 3.63) is 17.0 Å². The molecule has 1 N–H and O–H groups in total. The summed E-state index contributed by atoms with van der Waals surface area (Å²) in [5, 5.41) is 8.68. The van der Waals surface area contributed by atoms with Crippen LogP contribution in [0.4, 0.5) is 0 Å². The van der Waals surface area contributed by atoms with E-state index in [2.05, 4.69) is 23.5 Å². The first kappa shape index (κ1) is 16.1. The second-order valence-electron chi connectivity index (χ2n) is 4.56. The molecule has 0 saturated carbocycles. The quantitative estimate of drug-likeness (QED) is 0.777. The van der Waals surface area contributed by atoms with E-state index in [-0.39, 0.29) is 4.21 Å². The minimum atomic E-state index is -3.47. The average Bonchev–Trinajstić information content (AvgIpc) is 2.83. The SMILES string of the molecule is CC(C)N(C)CCCNS(=O)(=O)c1ccc(C#N)s1. The van der Waals surface area contributed by atoms with E-state index in [4.69, 9.17) is 5.26 Å². The van der Waals surface area contributed by atoms with Crippen LogP contribution in [-0.2, 0) is 10.0 Å². The molecule has 1 aromatic heterocycles. The van der Waals surface area contributed by atoms with Gasteiger partial charge in [0.1, 0.15) is 15.2 Å². The molecule has 106 valence electrons. The summed E-state index contributed by atoms with van der Waals surface area (Å²) in [7, 11) is -1.46. The zero-order valence-electron chi connectivity index (χ0n) is 11.4. The molecule has 0 spiro atoms. The Bertz CT molecular complexity index is 544. The maximum absolute atomic E-state index is 11.9. The van der Waals surface area contributed by atoms with Crippen molar-refractivity contribution in [2.75, 3.05) is 20.1 Å². The van der Waals surface area contributed by atoms with Gasteiger partial charge in [0.25, 0.3) is 0 Å². The van der Waals surface area contributed by atoms with Gasteiger partial charge in [0, 0.05) is 12.6 Å². The lowest BCUT2D eigenvalue weighted by Gasteiger charge is -2.20. The first-order chi connectivity index (χ1) is 8.86. The van der Waals surface area contributed by atoms with Gasteiger partial charge in [-0.2, -0.15) is 5.26 Å². The Morgan fingerprint density at radius 1 is 1.47 bits per heavy atom. The van der Waals surface area contributed by atoms with E-state index >= 15 is 0 Å². The molecule has 0 aliphatic carbocycles. The normalized spacial score (nSPS) is 12.0. The topological polar surface area (TPSA) is 73.2 Å². The van der Waals surface area contributed by atoms with Gasteiger partial charge in [-0.25, -0.2) is 13.1 Å². The van der Waals surface area contributed by atoms with Crippen LogP contribution in [0.2, 0.25) is 0 Å². The molecule has 1 heterocycles. The van der Waals surface area contributed by atoms with Gasteiger partial charge in [0.2, 0.25) is 10.0 Å². The van der Waals surface area contributed by atoms with E-state index in [1.165, 1.54) is 12.1 Å². The van der Waals surface area contributed by atoms with Gasteiger partial charge >= 0.3 is 0 Å². The van der Waals surface area contributed by atoms with Gasteiger partial charge in [-0.05, 0) is 46.0 Å². The molecule has 0 bridgehead atoms. The highest BCUT2D eigenvalue weighted by Crippen LogP contribution is 2.20. The summed E-state index contributed by atoms with van der Waals surface area (Å²) in [5.74, 6) is 0. The molecule has 0 atom stereocenters. The van der Waals surface area contributed by atoms with E-state index < -0.39 is 10.0 Å². The predicted octanol–water partition coefficient (Wildman–Crippen LogP) is 1.63. The summed E-state index contributed by atoms with van der Waals surface area (Å²) in [4.78, 5) is 2.56. The predicted molar refractivity (Wildman–Crippen MR) is 76.6 cm³/mol. The molecule has 0 aromatic carbocycles. The number of sulfonamides is 1. The second-order valence-corrected chi connectivity index (χ2v) is 7.63. The Morgan fingerprint density at radius 3 is 2.68 bits per heavy atom. The lowest BCUT2D eigenvalue weighted by molar-refractivity contribution is 0.271. The van der Waals surface area contributed by atoms with Gasteiger partial charge in [-0.1, -0.05) is 0 Å². The summed E-state index contributed by atoms with van der Waals surface area (Å²) < 4.78 is 26.6. The van der Waals surface area contributed by atoms with E-state index in [1.54, 1.807) is 0 Å². The summed E-state index contributed by atoms with van der Waals surface area (Å²) in [6, 6.07) is 5.37. The van der Waals surface area contributed by atoms with Crippen LogP contribution in [0.5, 0.6) is 0 Å². The molecule has 0 radical (unpaired) electrons. The van der Waals surface area contributed by atoms with Crippen LogP contribution < -0.4 is 4.72 Å². The number of rotatable bonds is 7. The molecule has 0 amide bonds. The van der Waals surface area contributed by atoms with E-state index in [0.717, 1.165) is 24.3 Å². The van der Waals surface area contributed by atoms with Gasteiger partial charge in [-0.15, -0.1) is 11.3 Å². The minimum Gasteiger partial charge on any atom is -0.304 e. The fourth-order valence-corrected chi connectivity index (χ4v) is 3.61. The molecular weight excluding hydrogens is 282 g/mol. The fraction of sp³-hybridized carbons (Fsp3) is 0.583. The van der Waals surface area contributed by atoms with Crippen molar-refractivity contribution in [1.29, 1.82) is 5.26 Å². The van der Waals surface area contributed by atoms with Crippen LogP contribution in [0, 0.1) is 11.3 Å². The number of nitrogens with zero attached hydrogens (tertiary/aromatic N) is 2. The zero-order chi connectivity index (χ0) is 14.5. The third-order valence-corrected chi connectivity index (χ3v) is 5.76. The van der Waals surface area contributed by atoms with Gasteiger partial charge < -0.3 is 4.90 Å². The minimum absolute atomic E-state index is 0.196. The maximum atomic E-state index is 11.9. The number of nitriles is 1. The largest absolute Gasteiger partial charge is 0.304 e. The van der Waals surface area contributed by atoms with Gasteiger partial charge in [-0.3, -0.25) is 0 Å². The van der Waals surface area contributed by atoms with Crippen molar-refractivity contribution in [3.63, 3.8) is 0 Å². The zero-order valence-corrected chi connectivity index (χ0v) is 13.0. The Kier molecular flexibility index (Phi) is 5.94. The Morgan fingerprint density at radius 2 is 2.16 bits per heavy atom. The molecule has 1 aromatic rings. The highest BCUT2D eigenvalue weighted by Gasteiger charge is 2.16. The molecule has 5 nitrogen and oxygen atoms in total. The van der Waals surface area contributed by atoms with Crippen molar-refractivity contribution in [2.24, 2.45) is 0 Å². The van der Waals surface area contributed by atoms with Crippen LogP contribution in [0.25, 0.3) is 0 Å². The molecule has 7 heteroatoms. The van der Waals surface area contributed by atoms with Gasteiger partial charge in [0.15, 0.2) is 0 Å². The first-order valence-electron chi connectivity index (χ1n) is 6.06.